The predicted molar refractivity (Wildman–Crippen MR) is 112 cm³/mol. The average molecular weight is 405 g/mol. The molecule has 1 aliphatic rings. The molecule has 0 saturated carbocycles. The standard InChI is InChI=1S/C21H31N3O5/c1-7-16-14-22-18-13-20(28-10-9-11-29-23(4)8-2)19(27-6)12-17(18)21(25)24(16)15(3)26-5/h8,12-16H,2,7,9-11H2,1,3-6H3/t15?,16-/m0/s1. The van der Waals surface area contributed by atoms with Crippen LogP contribution in [0.3, 0.4) is 0 Å². The molecule has 8 heteroatoms. The van der Waals surface area contributed by atoms with Gasteiger partial charge in [0.25, 0.3) is 5.91 Å². The van der Waals surface area contributed by atoms with Gasteiger partial charge in [-0.2, -0.15) is 0 Å². The lowest BCUT2D eigenvalue weighted by molar-refractivity contribution is -0.102. The van der Waals surface area contributed by atoms with E-state index in [2.05, 4.69) is 11.6 Å². The fourth-order valence-corrected chi connectivity index (χ4v) is 2.98. The van der Waals surface area contributed by atoms with Gasteiger partial charge in [-0.05, 0) is 19.4 Å². The van der Waals surface area contributed by atoms with E-state index in [1.165, 1.54) is 0 Å². The van der Waals surface area contributed by atoms with Gasteiger partial charge in [-0.1, -0.05) is 13.5 Å². The third-order valence-electron chi connectivity index (χ3n) is 4.74. The number of rotatable bonds is 11. The first kappa shape index (κ1) is 22.7. The molecule has 0 radical (unpaired) electrons. The Hall–Kier alpha value is -2.58. The molecule has 0 fully saturated rings. The van der Waals surface area contributed by atoms with Gasteiger partial charge in [-0.15, -0.1) is 0 Å². The van der Waals surface area contributed by atoms with Crippen LogP contribution in [0, 0.1) is 0 Å². The van der Waals surface area contributed by atoms with Crippen molar-refractivity contribution in [1.29, 1.82) is 0 Å². The number of carbonyl (C=O) groups excluding carboxylic acids is 1. The van der Waals surface area contributed by atoms with E-state index in [9.17, 15) is 4.79 Å². The largest absolute Gasteiger partial charge is 0.493 e. The highest BCUT2D eigenvalue weighted by Gasteiger charge is 2.32. The minimum absolute atomic E-state index is 0.149. The normalized spacial score (nSPS) is 16.8. The van der Waals surface area contributed by atoms with Crippen LogP contribution in [0.2, 0.25) is 0 Å². The third-order valence-corrected chi connectivity index (χ3v) is 4.74. The molecule has 0 bridgehead atoms. The van der Waals surface area contributed by atoms with Crippen molar-refractivity contribution in [3.8, 4) is 11.5 Å². The minimum atomic E-state index is -0.375. The van der Waals surface area contributed by atoms with Crippen LogP contribution in [0.5, 0.6) is 11.5 Å². The van der Waals surface area contributed by atoms with E-state index >= 15 is 0 Å². The van der Waals surface area contributed by atoms with Gasteiger partial charge in [-0.3, -0.25) is 19.7 Å². The molecule has 1 aromatic rings. The highest BCUT2D eigenvalue weighted by Crippen LogP contribution is 2.37. The van der Waals surface area contributed by atoms with E-state index in [1.54, 1.807) is 55.8 Å². The van der Waals surface area contributed by atoms with Gasteiger partial charge < -0.3 is 19.1 Å². The van der Waals surface area contributed by atoms with Crippen molar-refractivity contribution in [2.75, 3.05) is 34.5 Å². The van der Waals surface area contributed by atoms with Crippen LogP contribution >= 0.6 is 0 Å². The highest BCUT2D eigenvalue weighted by atomic mass is 16.7. The van der Waals surface area contributed by atoms with E-state index in [1.807, 2.05) is 13.8 Å². The Morgan fingerprint density at radius 3 is 2.69 bits per heavy atom. The molecule has 2 atom stereocenters. The predicted octanol–water partition coefficient (Wildman–Crippen LogP) is 3.40. The minimum Gasteiger partial charge on any atom is -0.493 e. The SMILES string of the molecule is C=CN(C)OCCCOc1cc2c(cc1OC)C(=O)N(C(C)OC)[C@@H](CC)C=N2. The molecule has 0 aromatic heterocycles. The zero-order valence-corrected chi connectivity index (χ0v) is 17.9. The van der Waals surface area contributed by atoms with Gasteiger partial charge in [0.1, 0.15) is 6.23 Å². The summed E-state index contributed by atoms with van der Waals surface area (Å²) in [7, 11) is 4.91. The van der Waals surface area contributed by atoms with Crippen LogP contribution in [-0.2, 0) is 9.57 Å². The summed E-state index contributed by atoms with van der Waals surface area (Å²) in [5.74, 6) is 0.871. The molecule has 8 nitrogen and oxygen atoms in total. The van der Waals surface area contributed by atoms with E-state index in [4.69, 9.17) is 19.0 Å². The third kappa shape index (κ3) is 5.48. The number of carbonyl (C=O) groups is 1. The molecule has 1 unspecified atom stereocenters. The van der Waals surface area contributed by atoms with Gasteiger partial charge in [0.2, 0.25) is 0 Å². The monoisotopic (exact) mass is 405 g/mol. The van der Waals surface area contributed by atoms with Gasteiger partial charge in [0.15, 0.2) is 11.5 Å². The molecule has 1 amide bonds. The molecular formula is C21H31N3O5. The second-order valence-electron chi connectivity index (χ2n) is 6.59. The van der Waals surface area contributed by atoms with Crippen LogP contribution in [0.4, 0.5) is 5.69 Å². The lowest BCUT2D eigenvalue weighted by atomic mass is 10.1. The number of methoxy groups -OCH3 is 2. The first-order valence-corrected chi connectivity index (χ1v) is 9.69. The second-order valence-corrected chi connectivity index (χ2v) is 6.59. The number of fused-ring (bicyclic) bond motifs is 1. The van der Waals surface area contributed by atoms with Crippen LogP contribution in [0.1, 0.15) is 37.0 Å². The number of hydroxylamine groups is 2. The number of hydrogen-bond acceptors (Lipinski definition) is 7. The summed E-state index contributed by atoms with van der Waals surface area (Å²) in [6.07, 6.45) is 4.41. The van der Waals surface area contributed by atoms with E-state index in [-0.39, 0.29) is 18.2 Å². The maximum absolute atomic E-state index is 13.2. The number of benzene rings is 1. The van der Waals surface area contributed by atoms with E-state index < -0.39 is 0 Å². The second kappa shape index (κ2) is 10.8. The molecule has 2 rings (SSSR count). The summed E-state index contributed by atoms with van der Waals surface area (Å²) in [5.41, 5.74) is 1.01. The molecule has 1 aromatic carbocycles. The van der Waals surface area contributed by atoms with Crippen molar-refractivity contribution >= 4 is 17.8 Å². The number of nitrogens with zero attached hydrogens (tertiary/aromatic N) is 3. The Morgan fingerprint density at radius 2 is 2.07 bits per heavy atom. The van der Waals surface area contributed by atoms with E-state index in [0.717, 1.165) is 6.42 Å². The van der Waals surface area contributed by atoms with Crippen molar-refractivity contribution in [3.05, 3.63) is 30.5 Å². The first-order chi connectivity index (χ1) is 14.0. The van der Waals surface area contributed by atoms with Gasteiger partial charge >= 0.3 is 0 Å². The summed E-state index contributed by atoms with van der Waals surface area (Å²) >= 11 is 0. The molecule has 1 heterocycles. The highest BCUT2D eigenvalue weighted by molar-refractivity contribution is 6.03. The summed E-state index contributed by atoms with van der Waals surface area (Å²) in [5, 5.41) is 1.54. The number of aliphatic imine (C=N–C) groups is 1. The summed E-state index contributed by atoms with van der Waals surface area (Å²) in [4.78, 5) is 24.9. The lowest BCUT2D eigenvalue weighted by Gasteiger charge is -2.32. The summed E-state index contributed by atoms with van der Waals surface area (Å²) < 4.78 is 16.7. The molecule has 0 spiro atoms. The Morgan fingerprint density at radius 1 is 1.31 bits per heavy atom. The molecule has 0 N–H and O–H groups in total. The van der Waals surface area contributed by atoms with Gasteiger partial charge in [0.05, 0.1) is 37.6 Å². The Kier molecular flexibility index (Phi) is 8.48. The van der Waals surface area contributed by atoms with Crippen LogP contribution in [-0.4, -0.2) is 68.8 Å². The zero-order chi connectivity index (χ0) is 21.4. The average Bonchev–Trinajstić information content (AvgIpc) is 2.87. The molecule has 1 aliphatic heterocycles. The summed E-state index contributed by atoms with van der Waals surface area (Å²) in [6, 6.07) is 3.27. The smallest absolute Gasteiger partial charge is 0.258 e. The van der Waals surface area contributed by atoms with Crippen molar-refractivity contribution in [2.24, 2.45) is 4.99 Å². The number of amides is 1. The topological polar surface area (TPSA) is 72.8 Å². The molecular weight excluding hydrogens is 374 g/mol. The number of hydrogen-bond donors (Lipinski definition) is 0. The van der Waals surface area contributed by atoms with Gasteiger partial charge in [-0.25, -0.2) is 0 Å². The van der Waals surface area contributed by atoms with E-state index in [0.29, 0.717) is 42.4 Å². The molecule has 29 heavy (non-hydrogen) atoms. The van der Waals surface area contributed by atoms with Crippen molar-refractivity contribution in [3.63, 3.8) is 0 Å². The zero-order valence-electron chi connectivity index (χ0n) is 17.9. The number of ether oxygens (including phenoxy) is 3. The molecule has 160 valence electrons. The fraction of sp³-hybridized carbons (Fsp3) is 0.524. The van der Waals surface area contributed by atoms with Crippen LogP contribution in [0.15, 0.2) is 29.9 Å². The Balaban J connectivity index is 2.22. The van der Waals surface area contributed by atoms with Crippen LogP contribution < -0.4 is 9.47 Å². The lowest BCUT2D eigenvalue weighted by Crippen LogP contribution is -2.46. The Bertz CT molecular complexity index is 737. The van der Waals surface area contributed by atoms with Crippen molar-refractivity contribution < 1.29 is 23.8 Å². The quantitative estimate of drug-likeness (QED) is 0.415. The Labute approximate surface area is 172 Å². The fourth-order valence-electron chi connectivity index (χ4n) is 2.98. The molecule has 0 saturated heterocycles. The molecule has 0 aliphatic carbocycles. The summed E-state index contributed by atoms with van der Waals surface area (Å²) in [6.45, 7) is 8.40. The van der Waals surface area contributed by atoms with Crippen molar-refractivity contribution in [1.82, 2.24) is 9.96 Å². The van der Waals surface area contributed by atoms with Gasteiger partial charge in [0, 0.05) is 39.1 Å². The van der Waals surface area contributed by atoms with Crippen LogP contribution in [0.25, 0.3) is 0 Å². The maximum Gasteiger partial charge on any atom is 0.258 e. The first-order valence-electron chi connectivity index (χ1n) is 9.69. The maximum atomic E-state index is 13.2. The van der Waals surface area contributed by atoms with Crippen molar-refractivity contribution in [2.45, 2.75) is 39.0 Å².